The van der Waals surface area contributed by atoms with Gasteiger partial charge in [-0.25, -0.2) is 4.39 Å². The van der Waals surface area contributed by atoms with Crippen LogP contribution in [0, 0.1) is 18.7 Å². The van der Waals surface area contributed by atoms with E-state index in [1.54, 1.807) is 24.8 Å². The average Bonchev–Trinajstić information content (AvgIpc) is 2.55. The van der Waals surface area contributed by atoms with Crippen LogP contribution in [0.4, 0.5) is 4.39 Å². The molecule has 1 aromatic rings. The average molecular weight is 323 g/mol. The molecule has 1 aliphatic heterocycles. The Morgan fingerprint density at radius 3 is 2.61 bits per heavy atom. The highest BCUT2D eigenvalue weighted by Crippen LogP contribution is 2.20. The summed E-state index contributed by atoms with van der Waals surface area (Å²) in [5.41, 5.74) is 1.04. The number of ether oxygens (including phenoxy) is 1. The summed E-state index contributed by atoms with van der Waals surface area (Å²) in [6, 6.07) is 4.29. The Labute approximate surface area is 137 Å². The number of amides is 1. The first-order chi connectivity index (χ1) is 11.0. The van der Waals surface area contributed by atoms with E-state index in [4.69, 9.17) is 4.74 Å². The molecule has 4 nitrogen and oxygen atoms in total. The Morgan fingerprint density at radius 2 is 2.00 bits per heavy atom. The molecule has 0 saturated carbocycles. The van der Waals surface area contributed by atoms with E-state index < -0.39 is 5.82 Å². The van der Waals surface area contributed by atoms with Crippen LogP contribution in [0.5, 0.6) is 0 Å². The molecule has 1 saturated heterocycles. The largest absolute Gasteiger partial charge is 0.466 e. The summed E-state index contributed by atoms with van der Waals surface area (Å²) in [7, 11) is 0. The fraction of sp³-hybridized carbons (Fsp3) is 0.556. The topological polar surface area (TPSA) is 46.6 Å². The zero-order chi connectivity index (χ0) is 17.4. The van der Waals surface area contributed by atoms with Gasteiger partial charge in [-0.1, -0.05) is 13.8 Å². The summed E-state index contributed by atoms with van der Waals surface area (Å²) >= 11 is 0. The van der Waals surface area contributed by atoms with E-state index in [0.29, 0.717) is 30.8 Å². The summed E-state index contributed by atoms with van der Waals surface area (Å²) in [5, 5.41) is 0. The first-order valence-corrected chi connectivity index (χ1v) is 8.24. The van der Waals surface area contributed by atoms with Gasteiger partial charge in [0.2, 0.25) is 0 Å². The SMILES string of the molecule is CC.CCOC(=O)C1CCCN(C(=O)c2cc(C)cc(F)c2)C1. The third-order valence-electron chi connectivity index (χ3n) is 3.62. The third-order valence-corrected chi connectivity index (χ3v) is 3.62. The van der Waals surface area contributed by atoms with Crippen LogP contribution in [0.3, 0.4) is 0 Å². The molecule has 23 heavy (non-hydrogen) atoms. The van der Waals surface area contributed by atoms with Gasteiger partial charge < -0.3 is 9.64 Å². The maximum atomic E-state index is 13.4. The number of carbonyl (C=O) groups is 2. The number of nitrogens with zero attached hydrogens (tertiary/aromatic N) is 1. The minimum absolute atomic E-state index is 0.230. The number of carbonyl (C=O) groups excluding carboxylic acids is 2. The van der Waals surface area contributed by atoms with Crippen molar-refractivity contribution >= 4 is 11.9 Å². The monoisotopic (exact) mass is 323 g/mol. The van der Waals surface area contributed by atoms with Gasteiger partial charge >= 0.3 is 5.97 Å². The molecule has 2 rings (SSSR count). The maximum Gasteiger partial charge on any atom is 0.310 e. The molecular formula is C18H26FNO3. The first kappa shape index (κ1) is 19.1. The Morgan fingerprint density at radius 1 is 1.30 bits per heavy atom. The molecule has 0 N–H and O–H groups in total. The molecule has 128 valence electrons. The summed E-state index contributed by atoms with van der Waals surface area (Å²) < 4.78 is 18.4. The lowest BCUT2D eigenvalue weighted by atomic mass is 9.97. The molecule has 1 atom stereocenters. The Kier molecular flexibility index (Phi) is 7.72. The number of likely N-dealkylation sites (tertiary alicyclic amines) is 1. The van der Waals surface area contributed by atoms with Gasteiger partial charge in [0, 0.05) is 18.7 Å². The predicted molar refractivity (Wildman–Crippen MR) is 87.7 cm³/mol. The molecule has 0 aromatic heterocycles. The second-order valence-electron chi connectivity index (χ2n) is 5.36. The summed E-state index contributed by atoms with van der Waals surface area (Å²) in [4.78, 5) is 25.8. The summed E-state index contributed by atoms with van der Waals surface area (Å²) in [6.07, 6.45) is 1.48. The van der Waals surface area contributed by atoms with Crippen LogP contribution in [0.2, 0.25) is 0 Å². The van der Waals surface area contributed by atoms with E-state index in [-0.39, 0.29) is 17.8 Å². The molecule has 0 bridgehead atoms. The lowest BCUT2D eigenvalue weighted by Crippen LogP contribution is -2.42. The Hall–Kier alpha value is -1.91. The highest BCUT2D eigenvalue weighted by atomic mass is 19.1. The Balaban J connectivity index is 0.00000127. The third kappa shape index (κ3) is 5.34. The van der Waals surface area contributed by atoms with Gasteiger partial charge in [0.25, 0.3) is 5.91 Å². The molecule has 1 heterocycles. The zero-order valence-corrected chi connectivity index (χ0v) is 14.4. The van der Waals surface area contributed by atoms with Crippen molar-refractivity contribution in [3.05, 3.63) is 35.1 Å². The van der Waals surface area contributed by atoms with Gasteiger partial charge in [-0.3, -0.25) is 9.59 Å². The molecule has 1 amide bonds. The normalized spacial score (nSPS) is 17.1. The van der Waals surface area contributed by atoms with Crippen LogP contribution in [0.25, 0.3) is 0 Å². The number of halogens is 1. The number of piperidine rings is 1. The van der Waals surface area contributed by atoms with E-state index in [9.17, 15) is 14.0 Å². The van der Waals surface area contributed by atoms with Crippen molar-refractivity contribution in [3.63, 3.8) is 0 Å². The van der Waals surface area contributed by atoms with Gasteiger partial charge in [-0.2, -0.15) is 0 Å². The van der Waals surface area contributed by atoms with Crippen molar-refractivity contribution in [1.29, 1.82) is 0 Å². The van der Waals surface area contributed by atoms with E-state index in [0.717, 1.165) is 12.8 Å². The molecule has 1 aliphatic rings. The van der Waals surface area contributed by atoms with E-state index in [1.165, 1.54) is 12.1 Å². The van der Waals surface area contributed by atoms with Crippen molar-refractivity contribution in [2.45, 2.75) is 40.5 Å². The fourth-order valence-electron chi connectivity index (χ4n) is 2.66. The van der Waals surface area contributed by atoms with Crippen molar-refractivity contribution in [1.82, 2.24) is 4.90 Å². The van der Waals surface area contributed by atoms with Crippen LogP contribution in [0.1, 0.15) is 49.5 Å². The second-order valence-corrected chi connectivity index (χ2v) is 5.36. The van der Waals surface area contributed by atoms with Crippen molar-refractivity contribution < 1.29 is 18.7 Å². The molecule has 1 unspecified atom stereocenters. The van der Waals surface area contributed by atoms with E-state index in [2.05, 4.69) is 0 Å². The number of esters is 1. The van der Waals surface area contributed by atoms with Crippen LogP contribution >= 0.6 is 0 Å². The first-order valence-electron chi connectivity index (χ1n) is 8.24. The molecular weight excluding hydrogens is 297 g/mol. The highest BCUT2D eigenvalue weighted by Gasteiger charge is 2.29. The lowest BCUT2D eigenvalue weighted by molar-refractivity contribution is -0.149. The summed E-state index contributed by atoms with van der Waals surface area (Å²) in [5.74, 6) is -1.19. The lowest BCUT2D eigenvalue weighted by Gasteiger charge is -2.31. The van der Waals surface area contributed by atoms with Gasteiger partial charge in [-0.05, 0) is 50.5 Å². The summed E-state index contributed by atoms with van der Waals surface area (Å²) in [6.45, 7) is 8.78. The molecule has 5 heteroatoms. The molecule has 1 aromatic carbocycles. The quantitative estimate of drug-likeness (QED) is 0.799. The van der Waals surface area contributed by atoms with Crippen molar-refractivity contribution in [2.24, 2.45) is 5.92 Å². The molecule has 1 fully saturated rings. The van der Waals surface area contributed by atoms with E-state index >= 15 is 0 Å². The van der Waals surface area contributed by atoms with Gasteiger partial charge in [0.15, 0.2) is 0 Å². The number of rotatable bonds is 3. The van der Waals surface area contributed by atoms with Crippen molar-refractivity contribution in [2.75, 3.05) is 19.7 Å². The number of hydrogen-bond donors (Lipinski definition) is 0. The molecule has 0 aliphatic carbocycles. The van der Waals surface area contributed by atoms with Gasteiger partial charge in [0.05, 0.1) is 12.5 Å². The second kappa shape index (κ2) is 9.28. The minimum Gasteiger partial charge on any atom is -0.466 e. The maximum absolute atomic E-state index is 13.4. The molecule has 0 spiro atoms. The predicted octanol–water partition coefficient (Wildman–Crippen LogP) is 3.58. The Bertz CT molecular complexity index is 525. The standard InChI is InChI=1S/C16H20FNO3.C2H6/c1-3-21-16(20)12-5-4-6-18(10-12)15(19)13-7-11(2)8-14(17)9-13;1-2/h7-9,12H,3-6,10H2,1-2H3;1-2H3. The fourth-order valence-corrected chi connectivity index (χ4v) is 2.66. The van der Waals surface area contributed by atoms with Crippen molar-refractivity contribution in [3.8, 4) is 0 Å². The van der Waals surface area contributed by atoms with Crippen LogP contribution < -0.4 is 0 Å². The highest BCUT2D eigenvalue weighted by molar-refractivity contribution is 5.94. The van der Waals surface area contributed by atoms with Gasteiger partial charge in [-0.15, -0.1) is 0 Å². The number of benzene rings is 1. The van der Waals surface area contributed by atoms with E-state index in [1.807, 2.05) is 13.8 Å². The number of hydrogen-bond acceptors (Lipinski definition) is 3. The zero-order valence-electron chi connectivity index (χ0n) is 14.4. The number of aryl methyl sites for hydroxylation is 1. The smallest absolute Gasteiger partial charge is 0.310 e. The minimum atomic E-state index is -0.419. The van der Waals surface area contributed by atoms with Crippen LogP contribution in [0.15, 0.2) is 18.2 Å². The van der Waals surface area contributed by atoms with Crippen LogP contribution in [-0.2, 0) is 9.53 Å². The van der Waals surface area contributed by atoms with Gasteiger partial charge in [0.1, 0.15) is 5.82 Å². The molecule has 0 radical (unpaired) electrons. The van der Waals surface area contributed by atoms with Crippen LogP contribution in [-0.4, -0.2) is 36.5 Å².